The Labute approximate surface area is 85.5 Å². The van der Waals surface area contributed by atoms with Crippen LogP contribution in [0.5, 0.6) is 5.75 Å². The third-order valence-corrected chi connectivity index (χ3v) is 1.98. The van der Waals surface area contributed by atoms with Crippen LogP contribution in [0.2, 0.25) is 0 Å². The molecule has 82 valence electrons. The van der Waals surface area contributed by atoms with E-state index >= 15 is 0 Å². The number of aryl methyl sites for hydroxylation is 1. The average Bonchev–Trinajstić information content (AvgIpc) is 2.18. The van der Waals surface area contributed by atoms with Crippen LogP contribution in [0.4, 0.5) is 10.1 Å². The first-order chi connectivity index (χ1) is 7.06. The van der Waals surface area contributed by atoms with Crippen LogP contribution in [0.25, 0.3) is 0 Å². The molecule has 1 rings (SSSR count). The Bertz CT molecular complexity index is 382. The van der Waals surface area contributed by atoms with Gasteiger partial charge in [0.15, 0.2) is 5.75 Å². The maximum absolute atomic E-state index is 12.9. The molecule has 0 heterocycles. The topological polar surface area (TPSA) is 89.4 Å². The molecule has 0 amide bonds. The van der Waals surface area contributed by atoms with Gasteiger partial charge in [0.25, 0.3) is 0 Å². The summed E-state index contributed by atoms with van der Waals surface area (Å²) >= 11 is 0. The smallest absolute Gasteiger partial charge is 0.313 e. The van der Waals surface area contributed by atoms with Crippen molar-refractivity contribution in [3.63, 3.8) is 0 Å². The van der Waals surface area contributed by atoms with E-state index in [4.69, 9.17) is 5.73 Å². The molecule has 0 unspecified atom stereocenters. The van der Waals surface area contributed by atoms with Crippen LogP contribution in [0, 0.1) is 15.9 Å². The van der Waals surface area contributed by atoms with E-state index in [9.17, 15) is 19.6 Å². The summed E-state index contributed by atoms with van der Waals surface area (Å²) in [7, 11) is 0. The second-order valence-electron chi connectivity index (χ2n) is 3.08. The second kappa shape index (κ2) is 4.70. The van der Waals surface area contributed by atoms with Crippen molar-refractivity contribution in [1.82, 2.24) is 0 Å². The molecule has 0 saturated heterocycles. The zero-order valence-corrected chi connectivity index (χ0v) is 7.94. The van der Waals surface area contributed by atoms with Crippen LogP contribution in [0.1, 0.15) is 12.0 Å². The Morgan fingerprint density at radius 1 is 1.53 bits per heavy atom. The Hall–Kier alpha value is -1.69. The molecule has 0 radical (unpaired) electrons. The molecule has 0 aliphatic carbocycles. The third kappa shape index (κ3) is 2.63. The number of hydrogen-bond donors (Lipinski definition) is 2. The molecule has 6 heteroatoms. The summed E-state index contributed by atoms with van der Waals surface area (Å²) in [4.78, 5) is 9.64. The van der Waals surface area contributed by atoms with E-state index in [1.54, 1.807) is 0 Å². The van der Waals surface area contributed by atoms with Gasteiger partial charge < -0.3 is 10.8 Å². The van der Waals surface area contributed by atoms with Gasteiger partial charge in [-0.05, 0) is 25.5 Å². The molecule has 0 saturated carbocycles. The van der Waals surface area contributed by atoms with Crippen LogP contribution in [0.15, 0.2) is 12.1 Å². The number of nitrogens with zero attached hydrogens (tertiary/aromatic N) is 1. The quantitative estimate of drug-likeness (QED) is 0.584. The van der Waals surface area contributed by atoms with Gasteiger partial charge in [0.05, 0.1) is 11.0 Å². The van der Waals surface area contributed by atoms with Gasteiger partial charge in [-0.3, -0.25) is 10.1 Å². The van der Waals surface area contributed by atoms with Crippen molar-refractivity contribution in [1.29, 1.82) is 0 Å². The minimum Gasteiger partial charge on any atom is -0.502 e. The molecule has 5 nitrogen and oxygen atoms in total. The number of phenolic OH excluding ortho intramolecular Hbond substituents is 1. The first-order valence-electron chi connectivity index (χ1n) is 4.42. The van der Waals surface area contributed by atoms with Gasteiger partial charge >= 0.3 is 5.69 Å². The minimum atomic E-state index is -0.815. The number of rotatable bonds is 4. The molecule has 0 aliphatic heterocycles. The van der Waals surface area contributed by atoms with E-state index in [1.165, 1.54) is 0 Å². The monoisotopic (exact) mass is 214 g/mol. The van der Waals surface area contributed by atoms with E-state index in [-0.39, 0.29) is 5.56 Å². The third-order valence-electron chi connectivity index (χ3n) is 1.98. The van der Waals surface area contributed by atoms with Crippen molar-refractivity contribution >= 4 is 5.69 Å². The highest BCUT2D eigenvalue weighted by Gasteiger charge is 2.18. The summed E-state index contributed by atoms with van der Waals surface area (Å²) in [5.74, 6) is -1.21. The molecule has 0 spiro atoms. The predicted octanol–water partition coefficient (Wildman–Crippen LogP) is 1.33. The lowest BCUT2D eigenvalue weighted by atomic mass is 10.1. The normalized spacial score (nSPS) is 10.3. The fraction of sp³-hybridized carbons (Fsp3) is 0.333. The lowest BCUT2D eigenvalue weighted by molar-refractivity contribution is -0.386. The molecular formula is C9H11FN2O3. The van der Waals surface area contributed by atoms with Crippen molar-refractivity contribution in [2.45, 2.75) is 12.8 Å². The number of hydrogen-bond acceptors (Lipinski definition) is 4. The van der Waals surface area contributed by atoms with Gasteiger partial charge in [-0.2, -0.15) is 0 Å². The number of nitrogens with two attached hydrogens (primary N) is 1. The fourth-order valence-electron chi connectivity index (χ4n) is 1.26. The van der Waals surface area contributed by atoms with Gasteiger partial charge in [0.2, 0.25) is 0 Å². The molecule has 1 aromatic rings. The highest BCUT2D eigenvalue weighted by Crippen LogP contribution is 2.31. The van der Waals surface area contributed by atoms with Crippen molar-refractivity contribution in [3.05, 3.63) is 33.6 Å². The van der Waals surface area contributed by atoms with E-state index in [0.717, 1.165) is 6.07 Å². The lowest BCUT2D eigenvalue weighted by Gasteiger charge is -2.04. The highest BCUT2D eigenvalue weighted by atomic mass is 19.1. The van der Waals surface area contributed by atoms with Crippen LogP contribution in [-0.4, -0.2) is 16.6 Å². The van der Waals surface area contributed by atoms with E-state index in [1.807, 2.05) is 0 Å². The summed E-state index contributed by atoms with van der Waals surface area (Å²) < 4.78 is 12.9. The zero-order chi connectivity index (χ0) is 11.4. The predicted molar refractivity (Wildman–Crippen MR) is 52.1 cm³/mol. The summed E-state index contributed by atoms with van der Waals surface area (Å²) in [5.41, 5.74) is 4.86. The minimum absolute atomic E-state index is 0.215. The Morgan fingerprint density at radius 2 is 2.20 bits per heavy atom. The van der Waals surface area contributed by atoms with Crippen molar-refractivity contribution in [2.75, 3.05) is 6.54 Å². The van der Waals surface area contributed by atoms with Gasteiger partial charge in [-0.25, -0.2) is 4.39 Å². The van der Waals surface area contributed by atoms with Crippen molar-refractivity contribution < 1.29 is 14.4 Å². The van der Waals surface area contributed by atoms with Gasteiger partial charge in [0, 0.05) is 5.56 Å². The number of nitro benzene ring substituents is 1. The zero-order valence-electron chi connectivity index (χ0n) is 7.94. The molecule has 0 fully saturated rings. The number of nitro groups is 1. The van der Waals surface area contributed by atoms with Crippen LogP contribution in [0.3, 0.4) is 0 Å². The average molecular weight is 214 g/mol. The number of phenols is 1. The number of aromatic hydroxyl groups is 1. The number of benzene rings is 1. The van der Waals surface area contributed by atoms with Gasteiger partial charge in [-0.15, -0.1) is 0 Å². The molecule has 0 atom stereocenters. The summed E-state index contributed by atoms with van der Waals surface area (Å²) in [6.45, 7) is 0.379. The molecule has 0 aliphatic rings. The lowest BCUT2D eigenvalue weighted by Crippen LogP contribution is -2.01. The molecule has 0 bridgehead atoms. The van der Waals surface area contributed by atoms with Crippen molar-refractivity contribution in [3.8, 4) is 5.75 Å². The van der Waals surface area contributed by atoms with E-state index in [0.29, 0.717) is 25.5 Å². The van der Waals surface area contributed by atoms with Crippen molar-refractivity contribution in [2.24, 2.45) is 5.73 Å². The molecule has 1 aromatic carbocycles. The fourth-order valence-corrected chi connectivity index (χ4v) is 1.26. The Kier molecular flexibility index (Phi) is 3.56. The van der Waals surface area contributed by atoms with Crippen LogP contribution >= 0.6 is 0 Å². The Morgan fingerprint density at radius 3 is 2.73 bits per heavy atom. The first-order valence-corrected chi connectivity index (χ1v) is 4.42. The van der Waals surface area contributed by atoms with Gasteiger partial charge in [0.1, 0.15) is 5.82 Å². The highest BCUT2D eigenvalue weighted by molar-refractivity contribution is 5.51. The van der Waals surface area contributed by atoms with Crippen LogP contribution < -0.4 is 5.73 Å². The molecule has 0 aromatic heterocycles. The molecule has 15 heavy (non-hydrogen) atoms. The SMILES string of the molecule is NCCCc1cc(F)cc([N+](=O)[O-])c1O. The summed E-state index contributed by atoms with van der Waals surface area (Å²) in [6, 6.07) is 1.78. The first kappa shape index (κ1) is 11.4. The summed E-state index contributed by atoms with van der Waals surface area (Å²) in [6.07, 6.45) is 0.856. The van der Waals surface area contributed by atoms with Gasteiger partial charge in [-0.1, -0.05) is 0 Å². The Balaban J connectivity index is 3.10. The molecule has 3 N–H and O–H groups in total. The van der Waals surface area contributed by atoms with Crippen LogP contribution in [-0.2, 0) is 6.42 Å². The summed E-state index contributed by atoms with van der Waals surface area (Å²) in [5, 5.41) is 19.9. The van der Waals surface area contributed by atoms with E-state index < -0.39 is 22.2 Å². The largest absolute Gasteiger partial charge is 0.502 e. The standard InChI is InChI=1S/C9H11FN2O3/c10-7-4-6(2-1-3-11)9(13)8(5-7)12(14)15/h4-5,13H,1-3,11H2. The number of halogens is 1. The molecular weight excluding hydrogens is 203 g/mol. The maximum atomic E-state index is 12.9. The maximum Gasteiger partial charge on any atom is 0.313 e. The second-order valence-corrected chi connectivity index (χ2v) is 3.08. The van der Waals surface area contributed by atoms with E-state index in [2.05, 4.69) is 0 Å².